The number of rotatable bonds is 4. The molecule has 0 spiro atoms. The van der Waals surface area contributed by atoms with Gasteiger partial charge in [-0.3, -0.25) is 5.43 Å². The Labute approximate surface area is 150 Å². The standard InChI is InChI=1S/C16H19BrN4O.ClH/c1-3-11-8-12(18)9-14(17)15(11)21(16(19)22)20-13-6-4-5-10(2)7-13;/h4-9,20H,3,18H2,1-2H3,(H2,19,22);1H. The number of aryl methyl sites for hydroxylation is 2. The number of carbonyl (C=O) groups is 1. The second-order valence-electron chi connectivity index (χ2n) is 5.02. The fourth-order valence-corrected chi connectivity index (χ4v) is 2.96. The van der Waals surface area contributed by atoms with Crippen LogP contribution in [0.25, 0.3) is 0 Å². The number of halogens is 2. The smallest absolute Gasteiger partial charge is 0.338 e. The Hall–Kier alpha value is -1.92. The number of benzene rings is 2. The Morgan fingerprint density at radius 3 is 2.57 bits per heavy atom. The molecule has 0 aliphatic rings. The van der Waals surface area contributed by atoms with Gasteiger partial charge in [0.1, 0.15) is 0 Å². The Kier molecular flexibility index (Phi) is 6.72. The van der Waals surface area contributed by atoms with E-state index < -0.39 is 6.03 Å². The van der Waals surface area contributed by atoms with Gasteiger partial charge in [-0.2, -0.15) is 0 Å². The van der Waals surface area contributed by atoms with E-state index in [-0.39, 0.29) is 12.4 Å². The van der Waals surface area contributed by atoms with Crippen LogP contribution in [0.3, 0.4) is 0 Å². The lowest BCUT2D eigenvalue weighted by atomic mass is 10.1. The summed E-state index contributed by atoms with van der Waals surface area (Å²) in [5.74, 6) is 0. The minimum absolute atomic E-state index is 0. The second kappa shape index (κ2) is 8.08. The largest absolute Gasteiger partial charge is 0.399 e. The first-order chi connectivity index (χ1) is 10.4. The molecule has 2 rings (SSSR count). The molecule has 0 aliphatic heterocycles. The summed E-state index contributed by atoms with van der Waals surface area (Å²) in [6.07, 6.45) is 0.720. The first kappa shape index (κ1) is 19.1. The van der Waals surface area contributed by atoms with Gasteiger partial charge < -0.3 is 11.5 Å². The summed E-state index contributed by atoms with van der Waals surface area (Å²) in [4.78, 5) is 11.9. The number of nitrogens with zero attached hydrogens (tertiary/aromatic N) is 1. The van der Waals surface area contributed by atoms with Gasteiger partial charge >= 0.3 is 6.03 Å². The molecule has 124 valence electrons. The third-order valence-electron chi connectivity index (χ3n) is 3.25. The highest BCUT2D eigenvalue weighted by Crippen LogP contribution is 2.33. The molecule has 2 amide bonds. The lowest BCUT2D eigenvalue weighted by Crippen LogP contribution is -2.41. The number of hydrogen-bond donors (Lipinski definition) is 3. The zero-order chi connectivity index (χ0) is 16.3. The minimum Gasteiger partial charge on any atom is -0.399 e. The van der Waals surface area contributed by atoms with Gasteiger partial charge in [0, 0.05) is 10.2 Å². The number of urea groups is 1. The summed E-state index contributed by atoms with van der Waals surface area (Å²) in [6.45, 7) is 3.98. The Morgan fingerprint density at radius 2 is 2.00 bits per heavy atom. The first-order valence-electron chi connectivity index (χ1n) is 6.93. The molecule has 0 unspecified atom stereocenters. The maximum absolute atomic E-state index is 11.9. The van der Waals surface area contributed by atoms with Crippen LogP contribution in [0, 0.1) is 6.92 Å². The van der Waals surface area contributed by atoms with Gasteiger partial charge in [-0.15, -0.1) is 12.4 Å². The average molecular weight is 400 g/mol. The van der Waals surface area contributed by atoms with Crippen LogP contribution in [0.15, 0.2) is 40.9 Å². The van der Waals surface area contributed by atoms with Crippen molar-refractivity contribution in [2.24, 2.45) is 5.73 Å². The van der Waals surface area contributed by atoms with Gasteiger partial charge in [0.2, 0.25) is 0 Å². The average Bonchev–Trinajstić information content (AvgIpc) is 2.44. The topological polar surface area (TPSA) is 84.4 Å². The molecule has 0 fully saturated rings. The van der Waals surface area contributed by atoms with E-state index in [4.69, 9.17) is 11.5 Å². The number of hydrogen-bond acceptors (Lipinski definition) is 3. The highest BCUT2D eigenvalue weighted by molar-refractivity contribution is 9.10. The van der Waals surface area contributed by atoms with Crippen molar-refractivity contribution in [2.75, 3.05) is 16.2 Å². The molecule has 23 heavy (non-hydrogen) atoms. The Morgan fingerprint density at radius 1 is 1.30 bits per heavy atom. The van der Waals surface area contributed by atoms with Crippen molar-refractivity contribution >= 4 is 51.4 Å². The quantitative estimate of drug-likeness (QED) is 0.531. The van der Waals surface area contributed by atoms with Crippen LogP contribution in [0.4, 0.5) is 21.9 Å². The fraction of sp³-hybridized carbons (Fsp3) is 0.188. The normalized spacial score (nSPS) is 9.87. The van der Waals surface area contributed by atoms with E-state index in [1.807, 2.05) is 44.2 Å². The number of anilines is 3. The molecule has 2 aromatic rings. The SMILES string of the molecule is CCc1cc(N)cc(Br)c1N(Nc1cccc(C)c1)C(N)=O.Cl. The highest BCUT2D eigenvalue weighted by Gasteiger charge is 2.19. The van der Waals surface area contributed by atoms with Crippen molar-refractivity contribution < 1.29 is 4.79 Å². The van der Waals surface area contributed by atoms with E-state index in [1.54, 1.807) is 6.07 Å². The van der Waals surface area contributed by atoms with Gasteiger partial charge in [-0.05, 0) is 64.7 Å². The van der Waals surface area contributed by atoms with Gasteiger partial charge in [-0.1, -0.05) is 19.1 Å². The van der Waals surface area contributed by atoms with E-state index >= 15 is 0 Å². The number of amides is 2. The summed E-state index contributed by atoms with van der Waals surface area (Å²) in [6, 6.07) is 10.7. The van der Waals surface area contributed by atoms with E-state index in [2.05, 4.69) is 21.4 Å². The summed E-state index contributed by atoms with van der Waals surface area (Å²) >= 11 is 3.47. The molecule has 2 aromatic carbocycles. The molecule has 0 aromatic heterocycles. The number of nitrogen functional groups attached to an aromatic ring is 1. The molecular formula is C16H20BrClN4O. The van der Waals surface area contributed by atoms with Crippen LogP contribution in [-0.2, 0) is 6.42 Å². The molecule has 0 bridgehead atoms. The zero-order valence-electron chi connectivity index (χ0n) is 13.0. The molecule has 7 heteroatoms. The van der Waals surface area contributed by atoms with E-state index in [0.717, 1.165) is 23.2 Å². The number of primary amides is 1. The third-order valence-corrected chi connectivity index (χ3v) is 3.85. The maximum atomic E-state index is 11.9. The molecule has 0 saturated heterocycles. The van der Waals surface area contributed by atoms with Gasteiger partial charge in [0.15, 0.2) is 0 Å². The van der Waals surface area contributed by atoms with Crippen molar-refractivity contribution in [3.8, 4) is 0 Å². The summed E-state index contributed by atoms with van der Waals surface area (Å²) < 4.78 is 0.711. The number of nitrogens with one attached hydrogen (secondary N) is 1. The van der Waals surface area contributed by atoms with E-state index in [1.165, 1.54) is 5.01 Å². The predicted molar refractivity (Wildman–Crippen MR) is 102 cm³/mol. The number of nitrogens with two attached hydrogens (primary N) is 2. The molecule has 0 atom stereocenters. The predicted octanol–water partition coefficient (Wildman–Crippen LogP) is 4.24. The van der Waals surface area contributed by atoms with Crippen molar-refractivity contribution in [3.05, 3.63) is 52.0 Å². The Balaban J connectivity index is 0.00000264. The number of carbonyl (C=O) groups excluding carboxylic acids is 1. The molecular weight excluding hydrogens is 380 g/mol. The third kappa shape index (κ3) is 4.53. The van der Waals surface area contributed by atoms with Gasteiger partial charge in [0.25, 0.3) is 0 Å². The lowest BCUT2D eigenvalue weighted by Gasteiger charge is -2.26. The van der Waals surface area contributed by atoms with Crippen LogP contribution in [0.5, 0.6) is 0 Å². The molecule has 0 saturated carbocycles. The van der Waals surface area contributed by atoms with Gasteiger partial charge in [-0.25, -0.2) is 9.80 Å². The summed E-state index contributed by atoms with van der Waals surface area (Å²) in [5, 5.41) is 1.33. The van der Waals surface area contributed by atoms with Crippen LogP contribution in [-0.4, -0.2) is 6.03 Å². The summed E-state index contributed by atoms with van der Waals surface area (Å²) in [7, 11) is 0. The van der Waals surface area contributed by atoms with E-state index in [0.29, 0.717) is 15.8 Å². The fourth-order valence-electron chi connectivity index (χ4n) is 2.26. The van der Waals surface area contributed by atoms with E-state index in [9.17, 15) is 4.79 Å². The first-order valence-corrected chi connectivity index (χ1v) is 7.72. The zero-order valence-corrected chi connectivity index (χ0v) is 15.4. The van der Waals surface area contributed by atoms with Crippen molar-refractivity contribution in [1.82, 2.24) is 0 Å². The van der Waals surface area contributed by atoms with Crippen LogP contribution in [0.1, 0.15) is 18.1 Å². The van der Waals surface area contributed by atoms with Crippen LogP contribution >= 0.6 is 28.3 Å². The highest BCUT2D eigenvalue weighted by atomic mass is 79.9. The summed E-state index contributed by atoms with van der Waals surface area (Å²) in [5.41, 5.74) is 18.6. The molecule has 0 radical (unpaired) electrons. The van der Waals surface area contributed by atoms with Crippen molar-refractivity contribution in [2.45, 2.75) is 20.3 Å². The minimum atomic E-state index is -0.596. The van der Waals surface area contributed by atoms with Crippen LogP contribution in [0.2, 0.25) is 0 Å². The number of hydrazine groups is 1. The van der Waals surface area contributed by atoms with Crippen LogP contribution < -0.4 is 21.9 Å². The molecule has 5 nitrogen and oxygen atoms in total. The molecule has 0 aliphatic carbocycles. The molecule has 0 heterocycles. The monoisotopic (exact) mass is 398 g/mol. The van der Waals surface area contributed by atoms with Crippen molar-refractivity contribution in [3.63, 3.8) is 0 Å². The second-order valence-corrected chi connectivity index (χ2v) is 5.87. The van der Waals surface area contributed by atoms with Gasteiger partial charge in [0.05, 0.1) is 11.4 Å². The molecule has 5 N–H and O–H groups in total. The Bertz CT molecular complexity index is 708. The van der Waals surface area contributed by atoms with Crippen molar-refractivity contribution in [1.29, 1.82) is 0 Å². The lowest BCUT2D eigenvalue weighted by molar-refractivity contribution is 0.255. The maximum Gasteiger partial charge on any atom is 0.338 e.